The average molecular weight is 272 g/mol. The molecule has 0 spiro atoms. The fourth-order valence-electron chi connectivity index (χ4n) is 2.86. The molecule has 0 unspecified atom stereocenters. The van der Waals surface area contributed by atoms with E-state index in [2.05, 4.69) is 12.2 Å². The molecule has 4 heteroatoms. The van der Waals surface area contributed by atoms with Gasteiger partial charge in [-0.25, -0.2) is 0 Å². The highest BCUT2D eigenvalue weighted by Crippen LogP contribution is 2.28. The van der Waals surface area contributed by atoms with Gasteiger partial charge in [-0.2, -0.15) is 0 Å². The van der Waals surface area contributed by atoms with Crippen molar-refractivity contribution in [2.75, 3.05) is 19.6 Å². The van der Waals surface area contributed by atoms with Crippen molar-refractivity contribution in [2.45, 2.75) is 26.8 Å². The number of benzene rings is 1. The molecule has 1 aliphatic rings. The molecule has 0 bridgehead atoms. The third kappa shape index (κ3) is 2.00. The number of hydrogen-bond acceptors (Lipinski definition) is 3. The Morgan fingerprint density at radius 3 is 2.90 bits per heavy atom. The maximum atomic E-state index is 12.7. The highest BCUT2D eigenvalue weighted by molar-refractivity contribution is 5.99. The van der Waals surface area contributed by atoms with Crippen molar-refractivity contribution in [3.05, 3.63) is 35.1 Å². The Balaban J connectivity index is 2.03. The second-order valence-electron chi connectivity index (χ2n) is 5.56. The molecule has 1 N–H and O–H groups in total. The number of fused-ring (bicyclic) bond motifs is 1. The smallest absolute Gasteiger partial charge is 0.290 e. The molecule has 2 heterocycles. The first-order valence-corrected chi connectivity index (χ1v) is 7.10. The van der Waals surface area contributed by atoms with Gasteiger partial charge in [-0.05, 0) is 26.3 Å². The van der Waals surface area contributed by atoms with E-state index in [1.807, 2.05) is 36.9 Å². The van der Waals surface area contributed by atoms with E-state index in [4.69, 9.17) is 4.42 Å². The average Bonchev–Trinajstić information content (AvgIpc) is 2.78. The first kappa shape index (κ1) is 13.2. The Hall–Kier alpha value is -1.81. The maximum Gasteiger partial charge on any atom is 0.290 e. The minimum absolute atomic E-state index is 0.00657. The quantitative estimate of drug-likeness (QED) is 0.867. The Morgan fingerprint density at radius 1 is 1.40 bits per heavy atom. The van der Waals surface area contributed by atoms with Crippen LogP contribution in [0.5, 0.6) is 0 Å². The zero-order valence-electron chi connectivity index (χ0n) is 12.2. The van der Waals surface area contributed by atoms with E-state index in [1.54, 1.807) is 0 Å². The molecule has 1 atom stereocenters. The van der Waals surface area contributed by atoms with Gasteiger partial charge in [-0.15, -0.1) is 0 Å². The van der Waals surface area contributed by atoms with E-state index in [-0.39, 0.29) is 11.9 Å². The van der Waals surface area contributed by atoms with Gasteiger partial charge in [-0.1, -0.05) is 18.2 Å². The zero-order valence-corrected chi connectivity index (χ0v) is 12.2. The standard InChI is InChI=1S/C16H20N2O2/c1-10-5-4-6-13-12(3)15(20-14(10)13)16(19)18-8-7-17-9-11(18)2/h4-6,11,17H,7-9H2,1-3H3/t11-/m0/s1. The molecular weight excluding hydrogens is 252 g/mol. The van der Waals surface area contributed by atoms with E-state index in [1.165, 1.54) is 0 Å². The van der Waals surface area contributed by atoms with E-state index < -0.39 is 0 Å². The summed E-state index contributed by atoms with van der Waals surface area (Å²) < 4.78 is 5.88. The van der Waals surface area contributed by atoms with Crippen molar-refractivity contribution in [1.29, 1.82) is 0 Å². The Labute approximate surface area is 118 Å². The van der Waals surface area contributed by atoms with Crippen LogP contribution in [0.2, 0.25) is 0 Å². The van der Waals surface area contributed by atoms with Gasteiger partial charge in [0.2, 0.25) is 0 Å². The number of carbonyl (C=O) groups is 1. The van der Waals surface area contributed by atoms with E-state index in [9.17, 15) is 4.79 Å². The van der Waals surface area contributed by atoms with E-state index in [0.29, 0.717) is 5.76 Å². The van der Waals surface area contributed by atoms with Gasteiger partial charge in [-0.3, -0.25) is 4.79 Å². The lowest BCUT2D eigenvalue weighted by atomic mass is 10.1. The van der Waals surface area contributed by atoms with Crippen LogP contribution in [-0.2, 0) is 0 Å². The van der Waals surface area contributed by atoms with Crippen LogP contribution >= 0.6 is 0 Å². The van der Waals surface area contributed by atoms with Gasteiger partial charge in [0.15, 0.2) is 5.76 Å². The highest BCUT2D eigenvalue weighted by atomic mass is 16.3. The summed E-state index contributed by atoms with van der Waals surface area (Å²) in [5.74, 6) is 0.496. The minimum atomic E-state index is 0.00657. The lowest BCUT2D eigenvalue weighted by Crippen LogP contribution is -2.52. The summed E-state index contributed by atoms with van der Waals surface area (Å²) in [6.45, 7) is 8.44. The third-order valence-corrected chi connectivity index (χ3v) is 4.12. The number of amides is 1. The number of nitrogens with zero attached hydrogens (tertiary/aromatic N) is 1. The summed E-state index contributed by atoms with van der Waals surface area (Å²) in [5, 5.41) is 4.33. The van der Waals surface area contributed by atoms with Crippen LogP contribution in [-0.4, -0.2) is 36.5 Å². The minimum Gasteiger partial charge on any atom is -0.450 e. The molecule has 2 aromatic rings. The van der Waals surface area contributed by atoms with Crippen molar-refractivity contribution in [2.24, 2.45) is 0 Å². The number of rotatable bonds is 1. The first-order chi connectivity index (χ1) is 9.59. The molecule has 1 fully saturated rings. The van der Waals surface area contributed by atoms with Crippen LogP contribution < -0.4 is 5.32 Å². The largest absolute Gasteiger partial charge is 0.450 e. The summed E-state index contributed by atoms with van der Waals surface area (Å²) in [6.07, 6.45) is 0. The number of carbonyl (C=O) groups excluding carboxylic acids is 1. The number of piperazine rings is 1. The summed E-state index contributed by atoms with van der Waals surface area (Å²) >= 11 is 0. The molecule has 20 heavy (non-hydrogen) atoms. The first-order valence-electron chi connectivity index (χ1n) is 7.10. The molecule has 3 rings (SSSR count). The lowest BCUT2D eigenvalue weighted by molar-refractivity contribution is 0.0624. The van der Waals surface area contributed by atoms with Crippen LogP contribution in [0.25, 0.3) is 11.0 Å². The van der Waals surface area contributed by atoms with E-state index in [0.717, 1.165) is 41.7 Å². The fraction of sp³-hybridized carbons (Fsp3) is 0.438. The van der Waals surface area contributed by atoms with Crippen LogP contribution in [0.15, 0.2) is 22.6 Å². The number of para-hydroxylation sites is 1. The molecule has 1 amide bonds. The van der Waals surface area contributed by atoms with Crippen LogP contribution in [0.4, 0.5) is 0 Å². The van der Waals surface area contributed by atoms with Gasteiger partial charge >= 0.3 is 0 Å². The number of aryl methyl sites for hydroxylation is 2. The number of hydrogen-bond donors (Lipinski definition) is 1. The molecule has 1 aromatic carbocycles. The SMILES string of the molecule is Cc1c(C(=O)N2CCNC[C@@H]2C)oc2c(C)cccc12. The third-order valence-electron chi connectivity index (χ3n) is 4.12. The van der Waals surface area contributed by atoms with Crippen LogP contribution in [0.3, 0.4) is 0 Å². The van der Waals surface area contributed by atoms with Gasteiger partial charge < -0.3 is 14.6 Å². The molecule has 1 saturated heterocycles. The van der Waals surface area contributed by atoms with Gasteiger partial charge in [0, 0.05) is 36.6 Å². The summed E-state index contributed by atoms with van der Waals surface area (Å²) in [7, 11) is 0. The maximum absolute atomic E-state index is 12.7. The summed E-state index contributed by atoms with van der Waals surface area (Å²) in [5.41, 5.74) is 2.84. The Kier molecular flexibility index (Phi) is 3.26. The monoisotopic (exact) mass is 272 g/mol. The fourth-order valence-corrected chi connectivity index (χ4v) is 2.86. The summed E-state index contributed by atoms with van der Waals surface area (Å²) in [6, 6.07) is 6.22. The van der Waals surface area contributed by atoms with Crippen LogP contribution in [0, 0.1) is 13.8 Å². The second-order valence-corrected chi connectivity index (χ2v) is 5.56. The lowest BCUT2D eigenvalue weighted by Gasteiger charge is -2.33. The number of nitrogens with one attached hydrogen (secondary N) is 1. The van der Waals surface area contributed by atoms with Crippen molar-refractivity contribution >= 4 is 16.9 Å². The zero-order chi connectivity index (χ0) is 14.3. The van der Waals surface area contributed by atoms with Gasteiger partial charge in [0.05, 0.1) is 0 Å². The summed E-state index contributed by atoms with van der Waals surface area (Å²) in [4.78, 5) is 14.6. The Bertz CT molecular complexity index is 660. The predicted molar refractivity (Wildman–Crippen MR) is 79.1 cm³/mol. The highest BCUT2D eigenvalue weighted by Gasteiger charge is 2.28. The van der Waals surface area contributed by atoms with Gasteiger partial charge in [0.1, 0.15) is 5.58 Å². The van der Waals surface area contributed by atoms with Gasteiger partial charge in [0.25, 0.3) is 5.91 Å². The molecule has 4 nitrogen and oxygen atoms in total. The molecule has 0 aliphatic carbocycles. The Morgan fingerprint density at radius 2 is 2.20 bits per heavy atom. The van der Waals surface area contributed by atoms with Crippen molar-refractivity contribution in [3.8, 4) is 0 Å². The van der Waals surface area contributed by atoms with Crippen LogP contribution in [0.1, 0.15) is 28.6 Å². The normalized spacial score (nSPS) is 19.6. The molecule has 0 saturated carbocycles. The molecule has 1 aliphatic heterocycles. The van der Waals surface area contributed by atoms with Crippen molar-refractivity contribution in [1.82, 2.24) is 10.2 Å². The predicted octanol–water partition coefficient (Wildman–Crippen LogP) is 2.48. The number of furan rings is 1. The molecule has 1 aromatic heterocycles. The molecule has 106 valence electrons. The second kappa shape index (κ2) is 4.94. The van der Waals surface area contributed by atoms with E-state index >= 15 is 0 Å². The van der Waals surface area contributed by atoms with Crippen molar-refractivity contribution in [3.63, 3.8) is 0 Å². The van der Waals surface area contributed by atoms with Crippen molar-refractivity contribution < 1.29 is 9.21 Å². The topological polar surface area (TPSA) is 45.5 Å². The molecular formula is C16H20N2O2. The molecule has 0 radical (unpaired) electrons.